The smallest absolute Gasteiger partial charge is 0.274 e. The van der Waals surface area contributed by atoms with E-state index >= 15 is 0 Å². The van der Waals surface area contributed by atoms with Crippen molar-refractivity contribution in [3.63, 3.8) is 0 Å². The number of carbonyl (C=O) groups excluding carboxylic acids is 2. The first-order valence-electron chi connectivity index (χ1n) is 12.5. The van der Waals surface area contributed by atoms with Gasteiger partial charge in [-0.05, 0) is 92.1 Å². The van der Waals surface area contributed by atoms with Gasteiger partial charge in [-0.15, -0.1) is 0 Å². The molecule has 3 aromatic heterocycles. The molecule has 0 bridgehead atoms. The van der Waals surface area contributed by atoms with E-state index in [2.05, 4.69) is 20.6 Å². The molecule has 1 aliphatic rings. The number of amides is 2. The Balaban J connectivity index is 1.11. The summed E-state index contributed by atoms with van der Waals surface area (Å²) in [5, 5.41) is 5.70. The third-order valence-corrected chi connectivity index (χ3v) is 6.42. The molecule has 1 saturated carbocycles. The number of carbonyl (C=O) groups is 2. The lowest BCUT2D eigenvalue weighted by atomic mass is 10.1. The number of anilines is 2. The summed E-state index contributed by atoms with van der Waals surface area (Å²) in [6, 6.07) is 20.1. The highest BCUT2D eigenvalue weighted by Crippen LogP contribution is 2.30. The zero-order chi connectivity index (χ0) is 26.9. The number of hydrogen-bond acceptors (Lipinski definition) is 5. The first kappa shape index (κ1) is 24.3. The Labute approximate surface area is 223 Å². The molecule has 1 aliphatic carbocycles. The number of aromatic nitrogens is 3. The van der Waals surface area contributed by atoms with Gasteiger partial charge in [-0.3, -0.25) is 9.59 Å². The van der Waals surface area contributed by atoms with Gasteiger partial charge in [0.1, 0.15) is 28.7 Å². The van der Waals surface area contributed by atoms with Gasteiger partial charge in [-0.1, -0.05) is 6.07 Å². The average Bonchev–Trinajstić information content (AvgIpc) is 3.71. The lowest BCUT2D eigenvalue weighted by Gasteiger charge is -2.10. The van der Waals surface area contributed by atoms with Crippen molar-refractivity contribution < 1.29 is 18.7 Å². The van der Waals surface area contributed by atoms with Crippen molar-refractivity contribution in [1.29, 1.82) is 0 Å². The maximum absolute atomic E-state index is 13.3. The standard InChI is InChI=1S/C30H24FN5O3/c1-18-2-14-25(33-28(18)19-5-7-21(31)8-6-19)30(38)32-22-9-11-23(12-10-22)39-24-13-15-27-34-26(17-36(27)16-24)35-29(37)20-3-4-20/h2,5-17,20H,3-4H2,1H3,(H,32,38)(H,35,37). The first-order valence-corrected chi connectivity index (χ1v) is 12.5. The van der Waals surface area contributed by atoms with E-state index in [0.717, 1.165) is 24.0 Å². The number of fused-ring (bicyclic) bond motifs is 1. The molecule has 8 nitrogen and oxygen atoms in total. The number of nitrogens with one attached hydrogen (secondary N) is 2. The van der Waals surface area contributed by atoms with E-state index in [9.17, 15) is 14.0 Å². The van der Waals surface area contributed by atoms with E-state index in [-0.39, 0.29) is 29.2 Å². The van der Waals surface area contributed by atoms with Gasteiger partial charge in [0.2, 0.25) is 5.91 Å². The lowest BCUT2D eigenvalue weighted by Crippen LogP contribution is -2.14. The second-order valence-electron chi connectivity index (χ2n) is 9.47. The number of benzene rings is 2. The molecule has 0 saturated heterocycles. The van der Waals surface area contributed by atoms with Crippen LogP contribution in [0.25, 0.3) is 16.9 Å². The predicted octanol–water partition coefficient (Wildman–Crippen LogP) is 6.24. The number of nitrogens with zero attached hydrogens (tertiary/aromatic N) is 3. The van der Waals surface area contributed by atoms with Crippen molar-refractivity contribution >= 4 is 29.0 Å². The molecule has 0 spiro atoms. The second kappa shape index (κ2) is 10.0. The molecule has 2 amide bonds. The van der Waals surface area contributed by atoms with Crippen LogP contribution < -0.4 is 15.4 Å². The Morgan fingerprint density at radius 2 is 1.62 bits per heavy atom. The average molecular weight is 522 g/mol. The summed E-state index contributed by atoms with van der Waals surface area (Å²) >= 11 is 0. The summed E-state index contributed by atoms with van der Waals surface area (Å²) in [7, 11) is 0. The van der Waals surface area contributed by atoms with Gasteiger partial charge in [-0.25, -0.2) is 14.4 Å². The Bertz CT molecular complexity index is 1690. The lowest BCUT2D eigenvalue weighted by molar-refractivity contribution is -0.117. The molecule has 1 fully saturated rings. The van der Waals surface area contributed by atoms with E-state index < -0.39 is 0 Å². The molecule has 194 valence electrons. The van der Waals surface area contributed by atoms with Crippen molar-refractivity contribution in [2.45, 2.75) is 19.8 Å². The summed E-state index contributed by atoms with van der Waals surface area (Å²) in [6.07, 6.45) is 5.40. The number of pyridine rings is 2. The molecule has 0 aliphatic heterocycles. The number of imidazole rings is 1. The highest BCUT2D eigenvalue weighted by atomic mass is 19.1. The van der Waals surface area contributed by atoms with Crippen molar-refractivity contribution in [3.05, 3.63) is 102 Å². The topological polar surface area (TPSA) is 97.6 Å². The number of aryl methyl sites for hydroxylation is 1. The normalized spacial score (nSPS) is 12.8. The second-order valence-corrected chi connectivity index (χ2v) is 9.47. The van der Waals surface area contributed by atoms with E-state index in [1.807, 2.05) is 19.1 Å². The monoisotopic (exact) mass is 521 g/mol. The number of ether oxygens (including phenoxy) is 1. The van der Waals surface area contributed by atoms with Crippen LogP contribution in [0.1, 0.15) is 28.9 Å². The Hall–Kier alpha value is -5.05. The Kier molecular flexibility index (Phi) is 6.24. The maximum Gasteiger partial charge on any atom is 0.274 e. The van der Waals surface area contributed by atoms with Crippen LogP contribution in [-0.4, -0.2) is 26.2 Å². The van der Waals surface area contributed by atoms with Crippen molar-refractivity contribution in [1.82, 2.24) is 14.4 Å². The summed E-state index contributed by atoms with van der Waals surface area (Å²) in [5.74, 6) is 1.11. The summed E-state index contributed by atoms with van der Waals surface area (Å²) in [5.41, 5.74) is 3.77. The Morgan fingerprint density at radius 1 is 0.872 bits per heavy atom. The maximum atomic E-state index is 13.3. The van der Waals surface area contributed by atoms with Gasteiger partial charge in [0.05, 0.1) is 18.1 Å². The van der Waals surface area contributed by atoms with E-state index in [1.165, 1.54) is 12.1 Å². The van der Waals surface area contributed by atoms with E-state index in [1.54, 1.807) is 65.3 Å². The summed E-state index contributed by atoms with van der Waals surface area (Å²) < 4.78 is 21.1. The largest absolute Gasteiger partial charge is 0.456 e. The molecule has 3 heterocycles. The van der Waals surface area contributed by atoms with Crippen molar-refractivity contribution in [3.8, 4) is 22.8 Å². The minimum Gasteiger partial charge on any atom is -0.456 e. The van der Waals surface area contributed by atoms with E-state index in [4.69, 9.17) is 4.74 Å². The van der Waals surface area contributed by atoms with Crippen molar-refractivity contribution in [2.24, 2.45) is 5.92 Å². The predicted molar refractivity (Wildman–Crippen MR) is 145 cm³/mol. The molecule has 0 unspecified atom stereocenters. The van der Waals surface area contributed by atoms with Crippen LogP contribution in [-0.2, 0) is 4.79 Å². The zero-order valence-corrected chi connectivity index (χ0v) is 21.0. The number of hydrogen-bond donors (Lipinski definition) is 2. The Morgan fingerprint density at radius 3 is 2.36 bits per heavy atom. The quantitative estimate of drug-likeness (QED) is 0.264. The fourth-order valence-electron chi connectivity index (χ4n) is 4.16. The third kappa shape index (κ3) is 5.47. The van der Waals surface area contributed by atoms with Crippen LogP contribution in [0.15, 0.2) is 85.2 Å². The molecular weight excluding hydrogens is 497 g/mol. The molecule has 5 aromatic rings. The van der Waals surface area contributed by atoms with E-state index in [0.29, 0.717) is 34.3 Å². The molecular formula is C30H24FN5O3. The van der Waals surface area contributed by atoms with Crippen LogP contribution in [0.4, 0.5) is 15.9 Å². The number of halogens is 1. The SMILES string of the molecule is Cc1ccc(C(=O)Nc2ccc(Oc3ccc4nc(NC(=O)C5CC5)cn4c3)cc2)nc1-c1ccc(F)cc1. The molecule has 2 aromatic carbocycles. The molecule has 0 atom stereocenters. The molecule has 0 radical (unpaired) electrons. The summed E-state index contributed by atoms with van der Waals surface area (Å²) in [6.45, 7) is 1.89. The zero-order valence-electron chi connectivity index (χ0n) is 21.0. The van der Waals surface area contributed by atoms with Gasteiger partial charge in [0.25, 0.3) is 5.91 Å². The van der Waals surface area contributed by atoms with Crippen LogP contribution in [0.3, 0.4) is 0 Å². The molecule has 2 N–H and O–H groups in total. The minimum absolute atomic E-state index is 0.00791. The van der Waals surface area contributed by atoms with Gasteiger partial charge >= 0.3 is 0 Å². The van der Waals surface area contributed by atoms with Gasteiger partial charge in [0, 0.05) is 17.2 Å². The summed E-state index contributed by atoms with van der Waals surface area (Å²) in [4.78, 5) is 33.8. The van der Waals surface area contributed by atoms with Gasteiger partial charge in [-0.2, -0.15) is 0 Å². The third-order valence-electron chi connectivity index (χ3n) is 6.42. The molecule has 9 heteroatoms. The first-order chi connectivity index (χ1) is 18.9. The highest BCUT2D eigenvalue weighted by molar-refractivity contribution is 6.03. The van der Waals surface area contributed by atoms with Gasteiger partial charge in [0.15, 0.2) is 5.82 Å². The number of rotatable bonds is 7. The molecule has 39 heavy (non-hydrogen) atoms. The minimum atomic E-state index is -0.359. The molecule has 6 rings (SSSR count). The fourth-order valence-corrected chi connectivity index (χ4v) is 4.16. The van der Waals surface area contributed by atoms with Crippen LogP contribution in [0, 0.1) is 18.7 Å². The van der Waals surface area contributed by atoms with Crippen LogP contribution in [0.5, 0.6) is 11.5 Å². The van der Waals surface area contributed by atoms with Crippen molar-refractivity contribution in [2.75, 3.05) is 10.6 Å². The van der Waals surface area contributed by atoms with Gasteiger partial charge < -0.3 is 19.8 Å². The highest BCUT2D eigenvalue weighted by Gasteiger charge is 2.30. The van der Waals surface area contributed by atoms with Crippen LogP contribution in [0.2, 0.25) is 0 Å². The van der Waals surface area contributed by atoms with Crippen LogP contribution >= 0.6 is 0 Å². The fraction of sp³-hybridized carbons (Fsp3) is 0.133.